The monoisotopic (exact) mass is 403 g/mol. The van der Waals surface area contributed by atoms with Crippen LogP contribution >= 0.6 is 23.4 Å². The highest BCUT2D eigenvalue weighted by molar-refractivity contribution is 7.99. The fourth-order valence-electron chi connectivity index (χ4n) is 2.20. The van der Waals surface area contributed by atoms with E-state index in [0.717, 1.165) is 11.8 Å². The van der Waals surface area contributed by atoms with E-state index in [9.17, 15) is 9.59 Å². The molecular weight excluding hydrogens is 390 g/mol. The summed E-state index contributed by atoms with van der Waals surface area (Å²) in [6, 6.07) is 13.6. The Balaban J connectivity index is 1.61. The number of methoxy groups -OCH3 is 1. The SMILES string of the molecule is COC(=O)c1ccccc1NC(=O)CSc1nnc(-c2cccc(Cl)c2)o1. The Morgan fingerprint density at radius 2 is 2.00 bits per heavy atom. The molecule has 3 aromatic rings. The summed E-state index contributed by atoms with van der Waals surface area (Å²) >= 11 is 7.03. The second-order valence-corrected chi connectivity index (χ2v) is 6.62. The van der Waals surface area contributed by atoms with Crippen LogP contribution in [0.3, 0.4) is 0 Å². The number of hydrogen-bond acceptors (Lipinski definition) is 7. The molecule has 27 heavy (non-hydrogen) atoms. The number of hydrogen-bond donors (Lipinski definition) is 1. The standard InChI is InChI=1S/C18H14ClN3O4S/c1-25-17(24)13-7-2-3-8-14(13)20-15(23)10-27-18-22-21-16(26-18)11-5-4-6-12(19)9-11/h2-9H,10H2,1H3,(H,20,23). The first kappa shape index (κ1) is 18.9. The molecule has 0 radical (unpaired) electrons. The lowest BCUT2D eigenvalue weighted by molar-refractivity contribution is -0.113. The lowest BCUT2D eigenvalue weighted by Crippen LogP contribution is -2.17. The van der Waals surface area contributed by atoms with Gasteiger partial charge in [0.05, 0.1) is 24.1 Å². The van der Waals surface area contributed by atoms with Crippen molar-refractivity contribution in [1.29, 1.82) is 0 Å². The number of benzene rings is 2. The van der Waals surface area contributed by atoms with Gasteiger partial charge in [-0.25, -0.2) is 4.79 Å². The summed E-state index contributed by atoms with van der Waals surface area (Å²) in [5.41, 5.74) is 1.35. The highest BCUT2D eigenvalue weighted by Crippen LogP contribution is 2.25. The van der Waals surface area contributed by atoms with Crippen molar-refractivity contribution in [2.24, 2.45) is 0 Å². The van der Waals surface area contributed by atoms with Crippen molar-refractivity contribution in [1.82, 2.24) is 10.2 Å². The average Bonchev–Trinajstić information content (AvgIpc) is 3.15. The van der Waals surface area contributed by atoms with E-state index in [-0.39, 0.29) is 22.4 Å². The number of anilines is 1. The van der Waals surface area contributed by atoms with Crippen LogP contribution in [0.25, 0.3) is 11.5 Å². The predicted octanol–water partition coefficient (Wildman–Crippen LogP) is 3.91. The van der Waals surface area contributed by atoms with Gasteiger partial charge in [-0.05, 0) is 30.3 Å². The smallest absolute Gasteiger partial charge is 0.339 e. The van der Waals surface area contributed by atoms with Gasteiger partial charge in [0.2, 0.25) is 11.8 Å². The van der Waals surface area contributed by atoms with E-state index < -0.39 is 5.97 Å². The van der Waals surface area contributed by atoms with Crippen molar-refractivity contribution in [3.05, 3.63) is 59.1 Å². The summed E-state index contributed by atoms with van der Waals surface area (Å²) < 4.78 is 10.2. The van der Waals surface area contributed by atoms with E-state index in [1.807, 2.05) is 0 Å². The van der Waals surface area contributed by atoms with Gasteiger partial charge in [0.25, 0.3) is 5.22 Å². The van der Waals surface area contributed by atoms with Crippen molar-refractivity contribution in [2.45, 2.75) is 5.22 Å². The minimum Gasteiger partial charge on any atom is -0.465 e. The van der Waals surface area contributed by atoms with Crippen molar-refractivity contribution in [3.8, 4) is 11.5 Å². The Bertz CT molecular complexity index is 977. The van der Waals surface area contributed by atoms with Crippen molar-refractivity contribution < 1.29 is 18.7 Å². The number of aromatic nitrogens is 2. The third kappa shape index (κ3) is 4.87. The van der Waals surface area contributed by atoms with Crippen molar-refractivity contribution in [2.75, 3.05) is 18.2 Å². The quantitative estimate of drug-likeness (QED) is 0.492. The number of amides is 1. The molecular formula is C18H14ClN3O4S. The summed E-state index contributed by atoms with van der Waals surface area (Å²) in [6.07, 6.45) is 0. The van der Waals surface area contributed by atoms with E-state index >= 15 is 0 Å². The molecule has 0 saturated carbocycles. The third-order valence-corrected chi connectivity index (χ3v) is 4.46. The minimum atomic E-state index is -0.526. The number of esters is 1. The number of carbonyl (C=O) groups is 2. The highest BCUT2D eigenvalue weighted by Gasteiger charge is 2.15. The summed E-state index contributed by atoms with van der Waals surface area (Å²) in [7, 11) is 1.28. The van der Waals surface area contributed by atoms with Crippen LogP contribution in [-0.4, -0.2) is 34.9 Å². The Kier molecular flexibility index (Phi) is 6.10. The molecule has 0 unspecified atom stereocenters. The van der Waals surface area contributed by atoms with E-state index in [0.29, 0.717) is 22.2 Å². The lowest BCUT2D eigenvalue weighted by Gasteiger charge is -2.08. The second-order valence-electron chi connectivity index (χ2n) is 5.26. The first-order valence-electron chi connectivity index (χ1n) is 7.76. The zero-order valence-corrected chi connectivity index (χ0v) is 15.7. The zero-order chi connectivity index (χ0) is 19.2. The largest absolute Gasteiger partial charge is 0.465 e. The highest BCUT2D eigenvalue weighted by atomic mass is 35.5. The van der Waals surface area contributed by atoms with Gasteiger partial charge in [-0.2, -0.15) is 0 Å². The van der Waals surface area contributed by atoms with E-state index in [1.165, 1.54) is 7.11 Å². The average molecular weight is 404 g/mol. The van der Waals surface area contributed by atoms with Crippen LogP contribution < -0.4 is 5.32 Å². The minimum absolute atomic E-state index is 0.0344. The van der Waals surface area contributed by atoms with Gasteiger partial charge in [0.15, 0.2) is 0 Å². The van der Waals surface area contributed by atoms with Gasteiger partial charge >= 0.3 is 5.97 Å². The maximum atomic E-state index is 12.2. The predicted molar refractivity (Wildman–Crippen MR) is 102 cm³/mol. The number of nitrogens with one attached hydrogen (secondary N) is 1. The normalized spacial score (nSPS) is 10.4. The first-order chi connectivity index (χ1) is 13.1. The van der Waals surface area contributed by atoms with Crippen LogP contribution in [0.5, 0.6) is 0 Å². The van der Waals surface area contributed by atoms with Crippen LogP contribution in [0.1, 0.15) is 10.4 Å². The van der Waals surface area contributed by atoms with Crippen molar-refractivity contribution in [3.63, 3.8) is 0 Å². The Morgan fingerprint density at radius 3 is 2.78 bits per heavy atom. The molecule has 1 amide bonds. The maximum Gasteiger partial charge on any atom is 0.339 e. The van der Waals surface area contributed by atoms with Crippen LogP contribution in [0.2, 0.25) is 5.02 Å². The molecule has 3 rings (SSSR count). The summed E-state index contributed by atoms with van der Waals surface area (Å²) in [4.78, 5) is 23.9. The Hall–Kier alpha value is -2.84. The van der Waals surface area contributed by atoms with Crippen LogP contribution in [0.4, 0.5) is 5.69 Å². The summed E-state index contributed by atoms with van der Waals surface area (Å²) in [5, 5.41) is 11.3. The van der Waals surface area contributed by atoms with E-state index in [2.05, 4.69) is 15.5 Å². The zero-order valence-electron chi connectivity index (χ0n) is 14.1. The van der Waals surface area contributed by atoms with E-state index in [1.54, 1.807) is 48.5 Å². The molecule has 0 aliphatic heterocycles. The summed E-state index contributed by atoms with van der Waals surface area (Å²) in [5.74, 6) is -0.496. The molecule has 1 heterocycles. The molecule has 0 aliphatic carbocycles. The molecule has 138 valence electrons. The maximum absolute atomic E-state index is 12.2. The number of rotatable bonds is 6. The first-order valence-corrected chi connectivity index (χ1v) is 9.12. The topological polar surface area (TPSA) is 94.3 Å². The molecule has 9 heteroatoms. The van der Waals surface area contributed by atoms with Crippen LogP contribution in [0, 0.1) is 0 Å². The second kappa shape index (κ2) is 8.70. The number of thioether (sulfide) groups is 1. The van der Waals surface area contributed by atoms with Crippen LogP contribution in [-0.2, 0) is 9.53 Å². The number of para-hydroxylation sites is 1. The molecule has 0 atom stereocenters. The number of carbonyl (C=O) groups excluding carboxylic acids is 2. The Morgan fingerprint density at radius 1 is 1.19 bits per heavy atom. The van der Waals surface area contributed by atoms with E-state index in [4.69, 9.17) is 20.8 Å². The molecule has 7 nitrogen and oxygen atoms in total. The third-order valence-electron chi connectivity index (χ3n) is 3.41. The number of halogens is 1. The lowest BCUT2D eigenvalue weighted by atomic mass is 10.2. The molecule has 1 N–H and O–H groups in total. The molecule has 0 fully saturated rings. The molecule has 0 spiro atoms. The van der Waals surface area contributed by atoms with Crippen LogP contribution in [0.15, 0.2) is 58.2 Å². The van der Waals surface area contributed by atoms with Gasteiger partial charge in [-0.1, -0.05) is 41.6 Å². The van der Waals surface area contributed by atoms with Gasteiger partial charge in [0.1, 0.15) is 0 Å². The molecule has 2 aromatic carbocycles. The molecule has 0 saturated heterocycles. The molecule has 0 bridgehead atoms. The molecule has 1 aromatic heterocycles. The Labute approximate surface area is 164 Å². The van der Waals surface area contributed by atoms with Crippen molar-refractivity contribution >= 4 is 40.9 Å². The van der Waals surface area contributed by atoms with Gasteiger partial charge in [-0.15, -0.1) is 10.2 Å². The fraction of sp³-hybridized carbons (Fsp3) is 0.111. The van der Waals surface area contributed by atoms with Gasteiger partial charge in [-0.3, -0.25) is 4.79 Å². The summed E-state index contributed by atoms with van der Waals surface area (Å²) in [6.45, 7) is 0. The fourth-order valence-corrected chi connectivity index (χ4v) is 2.95. The molecule has 0 aliphatic rings. The number of nitrogens with zero attached hydrogens (tertiary/aromatic N) is 2. The van der Waals surface area contributed by atoms with Gasteiger partial charge in [0, 0.05) is 10.6 Å². The number of ether oxygens (including phenoxy) is 1. The van der Waals surface area contributed by atoms with Gasteiger partial charge < -0.3 is 14.5 Å².